The number of ether oxygens (including phenoxy) is 2. The van der Waals surface area contributed by atoms with E-state index in [1.54, 1.807) is 0 Å². The lowest BCUT2D eigenvalue weighted by Gasteiger charge is -2.36. The molecular weight excluding hydrogens is 803 g/mol. The van der Waals surface area contributed by atoms with Crippen LogP contribution in [0.15, 0.2) is 182 Å². The van der Waals surface area contributed by atoms with Crippen molar-refractivity contribution < 1.29 is 23.2 Å². The Morgan fingerprint density at radius 2 is 0.567 bits per heavy atom. The van der Waals surface area contributed by atoms with Crippen LogP contribution in [-0.2, 0) is 23.2 Å². The summed E-state index contributed by atoms with van der Waals surface area (Å²) in [6, 6.07) is 58.9. The Bertz CT molecular complexity index is 2260. The van der Waals surface area contributed by atoms with Crippen LogP contribution in [0.4, 0.5) is 0 Å². The first kappa shape index (κ1) is 42.5. The molecule has 0 amide bonds. The zero-order chi connectivity index (χ0) is 41.3. The van der Waals surface area contributed by atoms with Gasteiger partial charge in [0.05, 0.1) is 25.4 Å². The fraction of sp³-hybridized carbons (Fsp3) is 0.265. The van der Waals surface area contributed by atoms with Gasteiger partial charge in [-0.1, -0.05) is 109 Å². The molecule has 0 radical (unpaired) electrons. The van der Waals surface area contributed by atoms with Crippen LogP contribution in [0.5, 0.6) is 0 Å². The third-order valence-electron chi connectivity index (χ3n) is 11.4. The van der Waals surface area contributed by atoms with Gasteiger partial charge in [-0.3, -0.25) is 13.7 Å². The zero-order valence-electron chi connectivity index (χ0n) is 34.0. The highest BCUT2D eigenvalue weighted by Gasteiger charge is 2.41. The summed E-state index contributed by atoms with van der Waals surface area (Å²) in [5.74, 6) is 0. The third kappa shape index (κ3) is 9.63. The van der Waals surface area contributed by atoms with E-state index in [1.807, 2.05) is 182 Å². The van der Waals surface area contributed by atoms with E-state index in [4.69, 9.17) is 9.47 Å². The number of hydrogen-bond acceptors (Lipinski definition) is 5. The van der Waals surface area contributed by atoms with Crippen molar-refractivity contribution in [3.63, 3.8) is 0 Å². The van der Waals surface area contributed by atoms with Crippen molar-refractivity contribution in [3.05, 3.63) is 182 Å². The Labute approximate surface area is 355 Å². The Balaban J connectivity index is 1.08. The van der Waals surface area contributed by atoms with Crippen LogP contribution in [0.25, 0.3) is 0 Å². The first-order valence-electron chi connectivity index (χ1n) is 21.0. The molecule has 0 spiro atoms. The van der Waals surface area contributed by atoms with Gasteiger partial charge in [-0.15, -0.1) is 0 Å². The van der Waals surface area contributed by atoms with E-state index in [0.29, 0.717) is 58.9 Å². The standard InChI is InChI=1S/C49H54N3O5P3/c53-58(44-22-7-1-8-23-44,45-24-9-2-10-25-45)50(36-21-37-52(39-43-41-57-43)60(55,48-30-15-5-16-31-48)49-32-17-6-18-33-49)34-19-20-35-51(38-42-40-56-42)59(54,46-26-11-3-12-27-46)47-28-13-4-14-29-47/h1-18,22-33,42-43H,19-21,34-41H2. The molecule has 2 unspecified atom stereocenters. The highest BCUT2D eigenvalue weighted by atomic mass is 31.2. The second-order valence-corrected chi connectivity index (χ2v) is 23.7. The fourth-order valence-electron chi connectivity index (χ4n) is 8.14. The molecular formula is C49H54N3O5P3. The number of epoxide rings is 2. The molecule has 310 valence electrons. The van der Waals surface area contributed by atoms with Crippen molar-refractivity contribution in [3.8, 4) is 0 Å². The van der Waals surface area contributed by atoms with E-state index < -0.39 is 21.9 Å². The van der Waals surface area contributed by atoms with Crippen molar-refractivity contribution in [1.82, 2.24) is 14.0 Å². The minimum absolute atomic E-state index is 0.0216. The van der Waals surface area contributed by atoms with Crippen LogP contribution >= 0.6 is 21.9 Å². The quantitative estimate of drug-likeness (QED) is 0.0392. The topological polar surface area (TPSA) is 86.0 Å². The summed E-state index contributed by atoms with van der Waals surface area (Å²) in [6.45, 7) is 4.59. The molecule has 6 aromatic rings. The van der Waals surface area contributed by atoms with Gasteiger partial charge >= 0.3 is 0 Å². The highest BCUT2D eigenvalue weighted by Crippen LogP contribution is 2.51. The van der Waals surface area contributed by atoms with Crippen LogP contribution in [0.1, 0.15) is 19.3 Å². The number of benzene rings is 6. The molecule has 2 aliphatic heterocycles. The van der Waals surface area contributed by atoms with Gasteiger partial charge in [-0.25, -0.2) is 14.0 Å². The van der Waals surface area contributed by atoms with E-state index >= 15 is 13.7 Å². The van der Waals surface area contributed by atoms with Crippen molar-refractivity contribution in [2.24, 2.45) is 0 Å². The molecule has 0 saturated carbocycles. The minimum atomic E-state index is -3.34. The van der Waals surface area contributed by atoms with Gasteiger partial charge in [0.25, 0.3) is 0 Å². The maximum Gasteiger partial charge on any atom is 0.207 e. The summed E-state index contributed by atoms with van der Waals surface area (Å²) in [5, 5.41) is 4.75. The zero-order valence-corrected chi connectivity index (χ0v) is 36.7. The molecule has 8 rings (SSSR count). The van der Waals surface area contributed by atoms with Gasteiger partial charge in [-0.05, 0) is 92.1 Å². The number of hydrogen-bond donors (Lipinski definition) is 0. The van der Waals surface area contributed by atoms with Crippen LogP contribution in [0, 0.1) is 0 Å². The van der Waals surface area contributed by atoms with Crippen molar-refractivity contribution in [2.75, 3.05) is 52.5 Å². The molecule has 0 aromatic heterocycles. The lowest BCUT2D eigenvalue weighted by atomic mass is 10.3. The van der Waals surface area contributed by atoms with Gasteiger partial charge in [0.1, 0.15) is 0 Å². The Morgan fingerprint density at radius 1 is 0.350 bits per heavy atom. The number of rotatable bonds is 22. The van der Waals surface area contributed by atoms with Gasteiger partial charge in [-0.2, -0.15) is 0 Å². The van der Waals surface area contributed by atoms with Crippen molar-refractivity contribution in [1.29, 1.82) is 0 Å². The average Bonchev–Trinajstić information content (AvgIpc) is 4.28. The second kappa shape index (κ2) is 19.7. The summed E-state index contributed by atoms with van der Waals surface area (Å²) >= 11 is 0. The van der Waals surface area contributed by atoms with E-state index in [2.05, 4.69) is 14.0 Å². The predicted octanol–water partition coefficient (Wildman–Crippen LogP) is 7.65. The Hall–Kier alpha value is -4.19. The molecule has 0 aliphatic carbocycles. The lowest BCUT2D eigenvalue weighted by molar-refractivity contribution is 0.316. The lowest BCUT2D eigenvalue weighted by Crippen LogP contribution is -2.38. The molecule has 0 N–H and O–H groups in total. The van der Waals surface area contributed by atoms with Crippen LogP contribution < -0.4 is 31.8 Å². The van der Waals surface area contributed by atoms with Gasteiger partial charge in [0.2, 0.25) is 21.9 Å². The summed E-state index contributed by atoms with van der Waals surface area (Å²) in [5.41, 5.74) is 0. The first-order chi connectivity index (χ1) is 29.4. The van der Waals surface area contributed by atoms with E-state index in [9.17, 15) is 0 Å². The summed E-state index contributed by atoms with van der Waals surface area (Å²) in [4.78, 5) is 0. The summed E-state index contributed by atoms with van der Waals surface area (Å²) in [7, 11) is -9.79. The predicted molar refractivity (Wildman–Crippen MR) is 247 cm³/mol. The minimum Gasteiger partial charge on any atom is -0.372 e. The average molecular weight is 858 g/mol. The van der Waals surface area contributed by atoms with Crippen LogP contribution in [0.3, 0.4) is 0 Å². The van der Waals surface area contributed by atoms with Crippen LogP contribution in [-0.4, -0.2) is 78.7 Å². The molecule has 11 heteroatoms. The van der Waals surface area contributed by atoms with E-state index in [1.165, 1.54) is 0 Å². The summed E-state index contributed by atoms with van der Waals surface area (Å²) < 4.78 is 65.0. The van der Waals surface area contributed by atoms with Gasteiger partial charge in [0, 0.05) is 71.1 Å². The van der Waals surface area contributed by atoms with Crippen LogP contribution in [0.2, 0.25) is 0 Å². The Kier molecular flexibility index (Phi) is 13.9. The molecule has 8 nitrogen and oxygen atoms in total. The fourth-order valence-corrected chi connectivity index (χ4v) is 17.0. The maximum atomic E-state index is 16.0. The third-order valence-corrected chi connectivity index (χ3v) is 20.9. The molecule has 2 fully saturated rings. The largest absolute Gasteiger partial charge is 0.372 e. The number of unbranched alkanes of at least 4 members (excludes halogenated alkanes) is 1. The normalized spacial score (nSPS) is 16.6. The highest BCUT2D eigenvalue weighted by molar-refractivity contribution is 7.77. The first-order valence-corrected chi connectivity index (χ1v) is 26.0. The maximum absolute atomic E-state index is 16.0. The SMILES string of the molecule is O=P(c1ccccc1)(c1ccccc1)N(CCCCN(CC1CO1)P(=O)(c1ccccc1)c1ccccc1)CCCN(CC1CO1)P(=O)(c1ccccc1)c1ccccc1. The molecule has 6 aromatic carbocycles. The van der Waals surface area contributed by atoms with E-state index in [-0.39, 0.29) is 12.2 Å². The molecule has 2 heterocycles. The number of nitrogens with zero attached hydrogens (tertiary/aromatic N) is 3. The second-order valence-electron chi connectivity index (χ2n) is 15.5. The van der Waals surface area contributed by atoms with E-state index in [0.717, 1.165) is 44.7 Å². The Morgan fingerprint density at radius 3 is 0.833 bits per heavy atom. The molecule has 60 heavy (non-hydrogen) atoms. The smallest absolute Gasteiger partial charge is 0.207 e. The molecule has 2 aliphatic rings. The molecule has 2 atom stereocenters. The van der Waals surface area contributed by atoms with Gasteiger partial charge in [0.15, 0.2) is 0 Å². The summed E-state index contributed by atoms with van der Waals surface area (Å²) in [6.07, 6.45) is 2.15. The van der Waals surface area contributed by atoms with Crippen molar-refractivity contribution in [2.45, 2.75) is 31.5 Å². The monoisotopic (exact) mass is 857 g/mol. The molecule has 0 bridgehead atoms. The van der Waals surface area contributed by atoms with Crippen molar-refractivity contribution >= 4 is 53.7 Å². The van der Waals surface area contributed by atoms with Gasteiger partial charge < -0.3 is 9.47 Å². The molecule has 2 saturated heterocycles.